The standard InChI is InChI=1S/C9H14N2O3S2/c1-7(15-2)5-11-16(13,14)9-6-10-4-3-8(9)12/h3-4,6-7,11H,5H2,1-2H3,(H,10,12). The summed E-state index contributed by atoms with van der Waals surface area (Å²) in [7, 11) is -3.70. The Labute approximate surface area is 98.7 Å². The Bertz CT molecular complexity index is 495. The molecule has 5 nitrogen and oxygen atoms in total. The number of pyridine rings is 1. The van der Waals surface area contributed by atoms with E-state index in [9.17, 15) is 13.2 Å². The van der Waals surface area contributed by atoms with Crippen molar-refractivity contribution in [2.45, 2.75) is 17.1 Å². The molecule has 2 N–H and O–H groups in total. The molecule has 0 aliphatic heterocycles. The van der Waals surface area contributed by atoms with Gasteiger partial charge in [0, 0.05) is 30.3 Å². The lowest BCUT2D eigenvalue weighted by molar-refractivity contribution is 0.580. The van der Waals surface area contributed by atoms with E-state index in [1.165, 1.54) is 18.5 Å². The monoisotopic (exact) mass is 262 g/mol. The number of aromatic nitrogens is 1. The second kappa shape index (κ2) is 5.51. The maximum atomic E-state index is 11.7. The minimum absolute atomic E-state index is 0.164. The van der Waals surface area contributed by atoms with Crippen LogP contribution in [0.3, 0.4) is 0 Å². The van der Waals surface area contributed by atoms with Crippen molar-refractivity contribution in [1.29, 1.82) is 0 Å². The summed E-state index contributed by atoms with van der Waals surface area (Å²) in [6.45, 7) is 2.21. The molecule has 0 fully saturated rings. The molecule has 0 aliphatic carbocycles. The predicted molar refractivity (Wildman–Crippen MR) is 65.2 cm³/mol. The molecule has 0 aliphatic rings. The molecular weight excluding hydrogens is 248 g/mol. The van der Waals surface area contributed by atoms with E-state index in [4.69, 9.17) is 0 Å². The zero-order chi connectivity index (χ0) is 12.2. The molecule has 1 unspecified atom stereocenters. The lowest BCUT2D eigenvalue weighted by Crippen LogP contribution is -2.32. The van der Waals surface area contributed by atoms with Gasteiger partial charge in [0.2, 0.25) is 15.5 Å². The van der Waals surface area contributed by atoms with Crippen molar-refractivity contribution < 1.29 is 8.42 Å². The van der Waals surface area contributed by atoms with Gasteiger partial charge in [-0.3, -0.25) is 4.79 Å². The Balaban J connectivity index is 2.87. The molecule has 1 rings (SSSR count). The highest BCUT2D eigenvalue weighted by molar-refractivity contribution is 7.99. The first-order chi connectivity index (χ1) is 7.47. The Hall–Kier alpha value is -0.790. The SMILES string of the molecule is CSC(C)CNS(=O)(=O)c1c[nH]ccc1=O. The largest absolute Gasteiger partial charge is 0.366 e. The molecule has 16 heavy (non-hydrogen) atoms. The third-order valence-electron chi connectivity index (χ3n) is 2.04. The van der Waals surface area contributed by atoms with Gasteiger partial charge in [-0.15, -0.1) is 0 Å². The number of hydrogen-bond acceptors (Lipinski definition) is 4. The Morgan fingerprint density at radius 3 is 2.81 bits per heavy atom. The Morgan fingerprint density at radius 1 is 1.56 bits per heavy atom. The molecule has 1 heterocycles. The topological polar surface area (TPSA) is 79.0 Å². The number of sulfonamides is 1. The molecule has 0 saturated heterocycles. The highest BCUT2D eigenvalue weighted by Crippen LogP contribution is 2.05. The van der Waals surface area contributed by atoms with E-state index in [-0.39, 0.29) is 10.1 Å². The molecule has 1 aromatic rings. The number of nitrogens with one attached hydrogen (secondary N) is 2. The summed E-state index contributed by atoms with van der Waals surface area (Å²) in [4.78, 5) is 13.7. The molecule has 7 heteroatoms. The summed E-state index contributed by atoms with van der Waals surface area (Å²) in [6.07, 6.45) is 4.48. The van der Waals surface area contributed by atoms with Crippen LogP contribution in [0.5, 0.6) is 0 Å². The highest BCUT2D eigenvalue weighted by Gasteiger charge is 2.17. The van der Waals surface area contributed by atoms with Crippen molar-refractivity contribution in [2.24, 2.45) is 0 Å². The van der Waals surface area contributed by atoms with Crippen LogP contribution in [-0.4, -0.2) is 31.5 Å². The van der Waals surface area contributed by atoms with Crippen LogP contribution >= 0.6 is 11.8 Å². The fourth-order valence-corrected chi connectivity index (χ4v) is 2.54. The molecule has 0 amide bonds. The van der Waals surface area contributed by atoms with Crippen LogP contribution in [0.4, 0.5) is 0 Å². The molecule has 1 aromatic heterocycles. The minimum Gasteiger partial charge on any atom is -0.366 e. The van der Waals surface area contributed by atoms with Crippen LogP contribution in [-0.2, 0) is 10.0 Å². The van der Waals surface area contributed by atoms with Crippen LogP contribution in [0, 0.1) is 0 Å². The van der Waals surface area contributed by atoms with Crippen LogP contribution < -0.4 is 10.2 Å². The van der Waals surface area contributed by atoms with E-state index < -0.39 is 15.5 Å². The van der Waals surface area contributed by atoms with Crippen molar-refractivity contribution in [3.05, 3.63) is 28.7 Å². The summed E-state index contributed by atoms with van der Waals surface area (Å²) in [5, 5.41) is 0.164. The molecule has 0 aromatic carbocycles. The maximum absolute atomic E-state index is 11.7. The molecule has 0 spiro atoms. The zero-order valence-electron chi connectivity index (χ0n) is 9.06. The quantitative estimate of drug-likeness (QED) is 0.805. The smallest absolute Gasteiger partial charge is 0.245 e. The molecular formula is C9H14N2O3S2. The fraction of sp³-hybridized carbons (Fsp3) is 0.444. The highest BCUT2D eigenvalue weighted by atomic mass is 32.2. The normalized spacial score (nSPS) is 13.6. The van der Waals surface area contributed by atoms with Gasteiger partial charge in [-0.05, 0) is 6.26 Å². The first kappa shape index (κ1) is 13.3. The third-order valence-corrected chi connectivity index (χ3v) is 4.46. The summed E-state index contributed by atoms with van der Waals surface area (Å²) in [6, 6.07) is 1.19. The summed E-state index contributed by atoms with van der Waals surface area (Å²) >= 11 is 1.55. The molecule has 90 valence electrons. The predicted octanol–water partition coefficient (Wildman–Crippen LogP) is 0.405. The Morgan fingerprint density at radius 2 is 2.25 bits per heavy atom. The number of H-pyrrole nitrogens is 1. The van der Waals surface area contributed by atoms with Crippen LogP contribution in [0.15, 0.2) is 28.2 Å². The van der Waals surface area contributed by atoms with Gasteiger partial charge in [0.05, 0.1) is 0 Å². The van der Waals surface area contributed by atoms with E-state index >= 15 is 0 Å². The number of hydrogen-bond donors (Lipinski definition) is 2. The number of thioether (sulfide) groups is 1. The van der Waals surface area contributed by atoms with Gasteiger partial charge >= 0.3 is 0 Å². The first-order valence-electron chi connectivity index (χ1n) is 4.67. The van der Waals surface area contributed by atoms with E-state index in [0.717, 1.165) is 0 Å². The van der Waals surface area contributed by atoms with Crippen molar-refractivity contribution >= 4 is 21.8 Å². The van der Waals surface area contributed by atoms with Crippen molar-refractivity contribution in [1.82, 2.24) is 9.71 Å². The minimum atomic E-state index is -3.70. The lowest BCUT2D eigenvalue weighted by atomic mass is 10.5. The lowest BCUT2D eigenvalue weighted by Gasteiger charge is -2.09. The second-order valence-corrected chi connectivity index (χ2v) is 6.28. The second-order valence-electron chi connectivity index (χ2n) is 3.27. The zero-order valence-corrected chi connectivity index (χ0v) is 10.7. The van der Waals surface area contributed by atoms with Crippen molar-refractivity contribution in [2.75, 3.05) is 12.8 Å². The summed E-state index contributed by atoms with van der Waals surface area (Å²) in [5.41, 5.74) is -0.511. The van der Waals surface area contributed by atoms with Crippen molar-refractivity contribution in [3.63, 3.8) is 0 Å². The summed E-state index contributed by atoms with van der Waals surface area (Å²) < 4.78 is 25.9. The fourth-order valence-electron chi connectivity index (χ4n) is 0.999. The van der Waals surface area contributed by atoms with E-state index in [1.807, 2.05) is 13.2 Å². The van der Waals surface area contributed by atoms with E-state index in [1.54, 1.807) is 11.8 Å². The van der Waals surface area contributed by atoms with Crippen LogP contribution in [0.25, 0.3) is 0 Å². The van der Waals surface area contributed by atoms with Gasteiger partial charge in [-0.2, -0.15) is 11.8 Å². The van der Waals surface area contributed by atoms with Crippen LogP contribution in [0.1, 0.15) is 6.92 Å². The first-order valence-corrected chi connectivity index (χ1v) is 7.44. The van der Waals surface area contributed by atoms with Crippen LogP contribution in [0.2, 0.25) is 0 Å². The van der Waals surface area contributed by atoms with Gasteiger partial charge in [0.15, 0.2) is 0 Å². The summed E-state index contributed by atoms with van der Waals surface area (Å²) in [5.74, 6) is 0. The number of aromatic amines is 1. The molecule has 0 saturated carbocycles. The maximum Gasteiger partial charge on any atom is 0.245 e. The van der Waals surface area contributed by atoms with Gasteiger partial charge < -0.3 is 4.98 Å². The van der Waals surface area contributed by atoms with Gasteiger partial charge in [0.1, 0.15) is 4.90 Å². The molecule has 1 atom stereocenters. The van der Waals surface area contributed by atoms with Gasteiger partial charge in [-0.1, -0.05) is 6.92 Å². The van der Waals surface area contributed by atoms with E-state index in [2.05, 4.69) is 9.71 Å². The Kier molecular flexibility index (Phi) is 4.57. The average Bonchev–Trinajstić information content (AvgIpc) is 2.26. The molecule has 0 bridgehead atoms. The molecule has 0 radical (unpaired) electrons. The van der Waals surface area contributed by atoms with Crippen molar-refractivity contribution in [3.8, 4) is 0 Å². The van der Waals surface area contributed by atoms with Gasteiger partial charge in [-0.25, -0.2) is 13.1 Å². The van der Waals surface area contributed by atoms with E-state index in [0.29, 0.717) is 6.54 Å². The third kappa shape index (κ3) is 3.36. The number of rotatable bonds is 5. The van der Waals surface area contributed by atoms with Gasteiger partial charge in [0.25, 0.3) is 0 Å². The average molecular weight is 262 g/mol.